The number of rotatable bonds is 7. The molecular formula is C24H25N5O2S2. The molecule has 33 heavy (non-hydrogen) atoms. The van der Waals surface area contributed by atoms with Crippen LogP contribution in [0.1, 0.15) is 44.5 Å². The minimum atomic E-state index is -0.167. The van der Waals surface area contributed by atoms with E-state index in [1.807, 2.05) is 67.2 Å². The van der Waals surface area contributed by atoms with Gasteiger partial charge in [-0.05, 0) is 38.2 Å². The first kappa shape index (κ1) is 21.8. The van der Waals surface area contributed by atoms with Gasteiger partial charge in [-0.3, -0.25) is 14.0 Å². The molecule has 1 N–H and O–H groups in total. The Morgan fingerprint density at radius 2 is 1.97 bits per heavy atom. The van der Waals surface area contributed by atoms with Crippen molar-refractivity contribution in [3.8, 4) is 10.4 Å². The fourth-order valence-electron chi connectivity index (χ4n) is 4.22. The molecule has 0 bridgehead atoms. The number of amides is 2. The summed E-state index contributed by atoms with van der Waals surface area (Å²) in [6, 6.07) is 9.81. The molecule has 0 spiro atoms. The molecule has 9 heteroatoms. The quantitative estimate of drug-likeness (QED) is 0.426. The average Bonchev–Trinajstić information content (AvgIpc) is 3.28. The van der Waals surface area contributed by atoms with Gasteiger partial charge in [0.05, 0.1) is 21.6 Å². The number of benzene rings is 1. The molecule has 1 fully saturated rings. The molecule has 3 aromatic heterocycles. The molecule has 170 valence electrons. The van der Waals surface area contributed by atoms with E-state index in [0.717, 1.165) is 33.3 Å². The van der Waals surface area contributed by atoms with Crippen LogP contribution in [-0.2, 0) is 0 Å². The zero-order valence-corrected chi connectivity index (χ0v) is 20.4. The number of aromatic nitrogens is 3. The molecule has 7 nitrogen and oxygen atoms in total. The lowest BCUT2D eigenvalue weighted by Gasteiger charge is -2.28. The van der Waals surface area contributed by atoms with Crippen molar-refractivity contribution in [3.05, 3.63) is 64.0 Å². The molecule has 2 amide bonds. The number of nitrogens with zero attached hydrogens (tertiary/aromatic N) is 4. The maximum Gasteiger partial charge on any atom is 0.274 e. The second kappa shape index (κ2) is 8.72. The van der Waals surface area contributed by atoms with Gasteiger partial charge in [-0.25, -0.2) is 9.97 Å². The van der Waals surface area contributed by atoms with Gasteiger partial charge in [-0.2, -0.15) is 0 Å². The van der Waals surface area contributed by atoms with Gasteiger partial charge >= 0.3 is 0 Å². The van der Waals surface area contributed by atoms with Crippen molar-refractivity contribution in [2.75, 3.05) is 13.6 Å². The highest BCUT2D eigenvalue weighted by atomic mass is 32.1. The third kappa shape index (κ3) is 4.18. The fourth-order valence-corrected chi connectivity index (χ4v) is 5.90. The molecule has 0 aliphatic heterocycles. The highest BCUT2D eigenvalue weighted by molar-refractivity contribution is 7.15. The van der Waals surface area contributed by atoms with Gasteiger partial charge in [0.15, 0.2) is 4.96 Å². The largest absolute Gasteiger partial charge is 0.349 e. The van der Waals surface area contributed by atoms with Crippen LogP contribution in [0.2, 0.25) is 0 Å². The number of hydrogen-bond donors (Lipinski definition) is 1. The van der Waals surface area contributed by atoms with Crippen molar-refractivity contribution in [3.63, 3.8) is 0 Å². The van der Waals surface area contributed by atoms with Crippen LogP contribution in [0.15, 0.2) is 41.9 Å². The highest BCUT2D eigenvalue weighted by Crippen LogP contribution is 2.37. The molecule has 3 heterocycles. The van der Waals surface area contributed by atoms with E-state index >= 15 is 0 Å². The number of likely N-dealkylation sites (N-methyl/N-ethyl adjacent to an activating group) is 1. The minimum absolute atomic E-state index is 0.0849. The van der Waals surface area contributed by atoms with E-state index in [-0.39, 0.29) is 17.9 Å². The van der Waals surface area contributed by atoms with Crippen molar-refractivity contribution < 1.29 is 9.59 Å². The monoisotopic (exact) mass is 479 g/mol. The smallest absolute Gasteiger partial charge is 0.274 e. The van der Waals surface area contributed by atoms with Gasteiger partial charge in [0.25, 0.3) is 11.8 Å². The van der Waals surface area contributed by atoms with Crippen molar-refractivity contribution in [2.45, 2.75) is 32.7 Å². The zero-order chi connectivity index (χ0) is 23.1. The Kier molecular flexibility index (Phi) is 5.76. The molecular weight excluding hydrogens is 454 g/mol. The second-order valence-electron chi connectivity index (χ2n) is 8.41. The van der Waals surface area contributed by atoms with Gasteiger partial charge in [0.2, 0.25) is 0 Å². The fraction of sp³-hybridized carbons (Fsp3) is 0.333. The molecule has 1 aliphatic rings. The predicted molar refractivity (Wildman–Crippen MR) is 131 cm³/mol. The van der Waals surface area contributed by atoms with Crippen molar-refractivity contribution in [1.29, 1.82) is 0 Å². The van der Waals surface area contributed by atoms with Gasteiger partial charge in [0, 0.05) is 25.2 Å². The normalized spacial score (nSPS) is 14.4. The van der Waals surface area contributed by atoms with Crippen LogP contribution in [0.5, 0.6) is 0 Å². The molecule has 1 aliphatic carbocycles. The molecule has 1 saturated carbocycles. The van der Waals surface area contributed by atoms with Crippen molar-refractivity contribution >= 4 is 39.4 Å². The third-order valence-electron chi connectivity index (χ3n) is 6.08. The Morgan fingerprint density at radius 3 is 2.70 bits per heavy atom. The summed E-state index contributed by atoms with van der Waals surface area (Å²) < 4.78 is 1.82. The molecule has 5 rings (SSSR count). The van der Waals surface area contributed by atoms with Crippen LogP contribution in [-0.4, -0.2) is 50.7 Å². The molecule has 0 saturated heterocycles. The Hall–Kier alpha value is -3.04. The topological polar surface area (TPSA) is 79.6 Å². The molecule has 1 aromatic carbocycles. The van der Waals surface area contributed by atoms with Crippen LogP contribution >= 0.6 is 22.7 Å². The summed E-state index contributed by atoms with van der Waals surface area (Å²) >= 11 is 3.03. The number of thiazole rings is 2. The standard InChI is InChI=1S/C24H25N5O2S2/c1-14-20(29-11-12-32-24(29)26-14)22(30)25-13-18(16-9-10-16)28(3)23(31)19-21(33-15(2)27-19)17-7-5-4-6-8-17/h4-8,11-12,16,18H,9-10,13H2,1-3H3,(H,25,30). The Bertz CT molecular complexity index is 1320. The number of aryl methyl sites for hydroxylation is 2. The number of hydrogen-bond acceptors (Lipinski definition) is 6. The van der Waals surface area contributed by atoms with Gasteiger partial charge in [0.1, 0.15) is 11.4 Å². The molecule has 1 unspecified atom stereocenters. The lowest BCUT2D eigenvalue weighted by atomic mass is 10.1. The first-order valence-corrected chi connectivity index (χ1v) is 12.6. The Balaban J connectivity index is 1.35. The number of carbonyl (C=O) groups is 2. The molecule has 1 atom stereocenters. The van der Waals surface area contributed by atoms with Gasteiger partial charge in [-0.1, -0.05) is 30.3 Å². The second-order valence-corrected chi connectivity index (χ2v) is 10.5. The van der Waals surface area contributed by atoms with E-state index in [0.29, 0.717) is 29.5 Å². The maximum atomic E-state index is 13.5. The van der Waals surface area contributed by atoms with E-state index in [1.165, 1.54) is 22.7 Å². The zero-order valence-electron chi connectivity index (χ0n) is 18.7. The van der Waals surface area contributed by atoms with Crippen LogP contribution in [0.3, 0.4) is 0 Å². The van der Waals surface area contributed by atoms with E-state index in [4.69, 9.17) is 0 Å². The first-order valence-electron chi connectivity index (χ1n) is 10.9. The highest BCUT2D eigenvalue weighted by Gasteiger charge is 2.37. The van der Waals surface area contributed by atoms with E-state index in [9.17, 15) is 9.59 Å². The Morgan fingerprint density at radius 1 is 1.21 bits per heavy atom. The van der Waals surface area contributed by atoms with Crippen LogP contribution in [0.25, 0.3) is 15.4 Å². The van der Waals surface area contributed by atoms with Crippen LogP contribution < -0.4 is 5.32 Å². The van der Waals surface area contributed by atoms with E-state index < -0.39 is 0 Å². The van der Waals surface area contributed by atoms with Crippen LogP contribution in [0.4, 0.5) is 0 Å². The molecule has 4 aromatic rings. The lowest BCUT2D eigenvalue weighted by molar-refractivity contribution is 0.0694. The number of carbonyl (C=O) groups excluding carboxylic acids is 2. The van der Waals surface area contributed by atoms with Crippen LogP contribution in [0, 0.1) is 19.8 Å². The van der Waals surface area contributed by atoms with Crippen molar-refractivity contribution in [1.82, 2.24) is 24.6 Å². The average molecular weight is 480 g/mol. The summed E-state index contributed by atoms with van der Waals surface area (Å²) in [5.41, 5.74) is 2.73. The molecule has 0 radical (unpaired) electrons. The first-order chi connectivity index (χ1) is 15.9. The number of fused-ring (bicyclic) bond motifs is 1. The summed E-state index contributed by atoms with van der Waals surface area (Å²) in [4.78, 5) is 39.0. The summed E-state index contributed by atoms with van der Waals surface area (Å²) in [5, 5.41) is 5.84. The van der Waals surface area contributed by atoms with E-state index in [2.05, 4.69) is 15.3 Å². The number of imidazole rings is 1. The van der Waals surface area contributed by atoms with Gasteiger partial charge in [-0.15, -0.1) is 22.7 Å². The lowest BCUT2D eigenvalue weighted by Crippen LogP contribution is -2.46. The maximum absolute atomic E-state index is 13.5. The summed E-state index contributed by atoms with van der Waals surface area (Å²) in [5.74, 6) is 0.108. The van der Waals surface area contributed by atoms with E-state index in [1.54, 1.807) is 4.90 Å². The summed E-state index contributed by atoms with van der Waals surface area (Å²) in [6.07, 6.45) is 3.97. The summed E-state index contributed by atoms with van der Waals surface area (Å²) in [6.45, 7) is 4.16. The SMILES string of the molecule is Cc1nc(C(=O)N(C)C(CNC(=O)c2c(C)nc3sccn23)C2CC2)c(-c2ccccc2)s1. The van der Waals surface area contributed by atoms with Gasteiger partial charge < -0.3 is 10.2 Å². The van der Waals surface area contributed by atoms with Crippen molar-refractivity contribution in [2.24, 2.45) is 5.92 Å². The Labute approximate surface area is 200 Å². The predicted octanol–water partition coefficient (Wildman–Crippen LogP) is 4.42. The summed E-state index contributed by atoms with van der Waals surface area (Å²) in [7, 11) is 1.82. The third-order valence-corrected chi connectivity index (χ3v) is 7.86. The minimum Gasteiger partial charge on any atom is -0.349 e. The number of nitrogens with one attached hydrogen (secondary N) is 1.